The minimum Gasteiger partial charge on any atom is -0.244 e. The van der Waals surface area contributed by atoms with Gasteiger partial charge in [0.2, 0.25) is 0 Å². The molecular formula is C7H12N2OS. The van der Waals surface area contributed by atoms with Crippen molar-refractivity contribution in [1.29, 1.82) is 0 Å². The van der Waals surface area contributed by atoms with E-state index in [-0.39, 0.29) is 5.25 Å². The zero-order valence-electron chi connectivity index (χ0n) is 6.90. The molecule has 1 aromatic heterocycles. The fraction of sp³-hybridized carbons (Fsp3) is 0.714. The molecule has 11 heavy (non-hydrogen) atoms. The molecule has 0 aromatic carbocycles. The summed E-state index contributed by atoms with van der Waals surface area (Å²) in [6, 6.07) is 0. The van der Waals surface area contributed by atoms with Crippen molar-refractivity contribution in [1.82, 2.24) is 10.3 Å². The molecule has 1 unspecified atom stereocenters. The van der Waals surface area contributed by atoms with E-state index in [2.05, 4.69) is 41.4 Å². The highest BCUT2D eigenvalue weighted by Crippen LogP contribution is 2.24. The second kappa shape index (κ2) is 3.26. The maximum atomic E-state index is 4.62. The van der Waals surface area contributed by atoms with Crippen LogP contribution in [0.1, 0.15) is 43.3 Å². The molecule has 0 N–H and O–H groups in total. The van der Waals surface area contributed by atoms with Crippen molar-refractivity contribution in [3.8, 4) is 0 Å². The molecule has 1 rings (SSSR count). The van der Waals surface area contributed by atoms with Crippen molar-refractivity contribution in [2.45, 2.75) is 31.9 Å². The Morgan fingerprint density at radius 3 is 2.09 bits per heavy atom. The zero-order chi connectivity index (χ0) is 8.43. The third kappa shape index (κ3) is 1.74. The van der Waals surface area contributed by atoms with Crippen LogP contribution in [0.2, 0.25) is 0 Å². The van der Waals surface area contributed by atoms with Gasteiger partial charge in [0, 0.05) is 11.2 Å². The summed E-state index contributed by atoms with van der Waals surface area (Å²) in [6.45, 7) is 6.06. The molecule has 0 spiro atoms. The SMILES string of the molecule is CC(C)c1nonc1C(C)S. The van der Waals surface area contributed by atoms with E-state index in [0.717, 1.165) is 11.4 Å². The third-order valence-electron chi connectivity index (χ3n) is 1.48. The van der Waals surface area contributed by atoms with Crippen LogP contribution >= 0.6 is 12.6 Å². The zero-order valence-corrected chi connectivity index (χ0v) is 7.80. The summed E-state index contributed by atoms with van der Waals surface area (Å²) in [5.41, 5.74) is 1.76. The fourth-order valence-corrected chi connectivity index (χ4v) is 1.07. The predicted molar refractivity (Wildman–Crippen MR) is 45.8 cm³/mol. The molecule has 0 saturated heterocycles. The monoisotopic (exact) mass is 172 g/mol. The van der Waals surface area contributed by atoms with Gasteiger partial charge in [-0.15, -0.1) is 0 Å². The summed E-state index contributed by atoms with van der Waals surface area (Å²) in [5.74, 6) is 0.353. The van der Waals surface area contributed by atoms with Crippen LogP contribution in [0.5, 0.6) is 0 Å². The minimum absolute atomic E-state index is 0.0960. The number of aromatic nitrogens is 2. The highest BCUT2D eigenvalue weighted by Gasteiger charge is 2.16. The van der Waals surface area contributed by atoms with E-state index in [0.29, 0.717) is 5.92 Å². The Bertz CT molecular complexity index is 210. The van der Waals surface area contributed by atoms with Gasteiger partial charge < -0.3 is 0 Å². The summed E-state index contributed by atoms with van der Waals surface area (Å²) in [6.07, 6.45) is 0. The minimum atomic E-state index is 0.0960. The fourth-order valence-electron chi connectivity index (χ4n) is 0.893. The number of hydrogen-bond acceptors (Lipinski definition) is 4. The van der Waals surface area contributed by atoms with Crippen LogP contribution in [0.4, 0.5) is 0 Å². The lowest BCUT2D eigenvalue weighted by atomic mass is 10.1. The van der Waals surface area contributed by atoms with Gasteiger partial charge in [-0.3, -0.25) is 0 Å². The number of thiol groups is 1. The van der Waals surface area contributed by atoms with Crippen molar-refractivity contribution >= 4 is 12.6 Å². The Morgan fingerprint density at radius 2 is 1.73 bits per heavy atom. The Morgan fingerprint density at radius 1 is 1.18 bits per heavy atom. The first kappa shape index (κ1) is 8.59. The van der Waals surface area contributed by atoms with Gasteiger partial charge in [0.05, 0.1) is 0 Å². The van der Waals surface area contributed by atoms with Crippen LogP contribution < -0.4 is 0 Å². The number of nitrogens with zero attached hydrogens (tertiary/aromatic N) is 2. The lowest BCUT2D eigenvalue weighted by molar-refractivity contribution is 0.299. The average Bonchev–Trinajstić information content (AvgIpc) is 2.32. The molecule has 1 heterocycles. The molecule has 0 bridgehead atoms. The van der Waals surface area contributed by atoms with E-state index < -0.39 is 0 Å². The molecule has 1 aromatic rings. The van der Waals surface area contributed by atoms with Crippen LogP contribution in [0.25, 0.3) is 0 Å². The third-order valence-corrected chi connectivity index (χ3v) is 1.73. The summed E-state index contributed by atoms with van der Waals surface area (Å²) in [7, 11) is 0. The second-order valence-electron chi connectivity index (χ2n) is 2.87. The molecule has 0 aliphatic carbocycles. The van der Waals surface area contributed by atoms with Crippen LogP contribution in [0.3, 0.4) is 0 Å². The first-order valence-electron chi connectivity index (χ1n) is 3.63. The van der Waals surface area contributed by atoms with E-state index in [1.54, 1.807) is 0 Å². The Hall–Kier alpha value is -0.510. The molecule has 1 atom stereocenters. The number of rotatable bonds is 2. The molecule has 0 fully saturated rings. The maximum absolute atomic E-state index is 4.62. The predicted octanol–water partition coefficient (Wildman–Crippen LogP) is 2.18. The number of hydrogen-bond donors (Lipinski definition) is 1. The molecule has 0 amide bonds. The van der Waals surface area contributed by atoms with Gasteiger partial charge in [0.25, 0.3) is 0 Å². The van der Waals surface area contributed by atoms with E-state index >= 15 is 0 Å². The molecule has 0 radical (unpaired) electrons. The summed E-state index contributed by atoms with van der Waals surface area (Å²) < 4.78 is 4.62. The lowest BCUT2D eigenvalue weighted by Gasteiger charge is -2.02. The van der Waals surface area contributed by atoms with E-state index in [1.165, 1.54) is 0 Å². The Labute approximate surface area is 71.5 Å². The Balaban J connectivity index is 2.96. The van der Waals surface area contributed by atoms with Crippen LogP contribution in [-0.2, 0) is 0 Å². The van der Waals surface area contributed by atoms with Gasteiger partial charge in [0.15, 0.2) is 0 Å². The summed E-state index contributed by atoms with van der Waals surface area (Å²) in [5, 5.41) is 7.67. The highest BCUT2D eigenvalue weighted by atomic mass is 32.1. The van der Waals surface area contributed by atoms with Crippen molar-refractivity contribution < 1.29 is 4.63 Å². The van der Waals surface area contributed by atoms with Crippen molar-refractivity contribution in [3.05, 3.63) is 11.4 Å². The first-order chi connectivity index (χ1) is 5.13. The van der Waals surface area contributed by atoms with Gasteiger partial charge in [-0.05, 0) is 6.92 Å². The van der Waals surface area contributed by atoms with E-state index in [1.807, 2.05) is 6.92 Å². The summed E-state index contributed by atoms with van der Waals surface area (Å²) in [4.78, 5) is 0. The van der Waals surface area contributed by atoms with Crippen LogP contribution in [-0.4, -0.2) is 10.3 Å². The standard InChI is InChI=1S/C7H12N2OS/c1-4(2)6-7(5(3)11)9-10-8-6/h4-5,11H,1-3H3. The van der Waals surface area contributed by atoms with Gasteiger partial charge >= 0.3 is 0 Å². The molecule has 62 valence electrons. The lowest BCUT2D eigenvalue weighted by Crippen LogP contribution is -1.95. The van der Waals surface area contributed by atoms with E-state index in [9.17, 15) is 0 Å². The molecule has 0 saturated carbocycles. The van der Waals surface area contributed by atoms with Gasteiger partial charge in [0.1, 0.15) is 11.4 Å². The topological polar surface area (TPSA) is 38.9 Å². The van der Waals surface area contributed by atoms with Crippen molar-refractivity contribution in [3.63, 3.8) is 0 Å². The van der Waals surface area contributed by atoms with Crippen molar-refractivity contribution in [2.75, 3.05) is 0 Å². The quantitative estimate of drug-likeness (QED) is 0.695. The largest absolute Gasteiger partial charge is 0.244 e. The Kier molecular flexibility index (Phi) is 2.54. The van der Waals surface area contributed by atoms with Crippen LogP contribution in [0, 0.1) is 0 Å². The van der Waals surface area contributed by atoms with Gasteiger partial charge in [-0.25, -0.2) is 4.63 Å². The smallest absolute Gasteiger partial charge is 0.121 e. The molecular weight excluding hydrogens is 160 g/mol. The van der Waals surface area contributed by atoms with Crippen LogP contribution in [0.15, 0.2) is 4.63 Å². The normalized spacial score (nSPS) is 13.9. The van der Waals surface area contributed by atoms with Crippen molar-refractivity contribution in [2.24, 2.45) is 0 Å². The molecule has 3 nitrogen and oxygen atoms in total. The highest BCUT2D eigenvalue weighted by molar-refractivity contribution is 7.80. The summed E-state index contributed by atoms with van der Waals surface area (Å²) >= 11 is 4.26. The van der Waals surface area contributed by atoms with Gasteiger partial charge in [-0.1, -0.05) is 24.2 Å². The van der Waals surface area contributed by atoms with E-state index in [4.69, 9.17) is 0 Å². The molecule has 4 heteroatoms. The first-order valence-corrected chi connectivity index (χ1v) is 4.15. The molecule has 0 aliphatic heterocycles. The maximum Gasteiger partial charge on any atom is 0.121 e. The van der Waals surface area contributed by atoms with Gasteiger partial charge in [-0.2, -0.15) is 12.6 Å². The molecule has 0 aliphatic rings. The second-order valence-corrected chi connectivity index (χ2v) is 3.64. The average molecular weight is 172 g/mol.